The van der Waals surface area contributed by atoms with E-state index < -0.39 is 17.6 Å². The number of ether oxygens (including phenoxy) is 1. The molecule has 0 fully saturated rings. The summed E-state index contributed by atoms with van der Waals surface area (Å²) in [4.78, 5) is 17.0. The Balaban J connectivity index is 2.11. The fraction of sp³-hybridized carbons (Fsp3) is 0.273. The second kappa shape index (κ2) is 9.22. The molecule has 0 N–H and O–H groups in total. The van der Waals surface area contributed by atoms with E-state index in [0.29, 0.717) is 17.0 Å². The van der Waals surface area contributed by atoms with Gasteiger partial charge in [0, 0.05) is 41.7 Å². The normalized spacial score (nSPS) is 11.1. The smallest absolute Gasteiger partial charge is 0.340 e. The van der Waals surface area contributed by atoms with E-state index in [1.54, 1.807) is 25.5 Å². The average molecular weight is 416 g/mol. The largest absolute Gasteiger partial charge is 0.462 e. The van der Waals surface area contributed by atoms with Crippen LogP contribution in [-0.4, -0.2) is 22.1 Å². The number of hydrogen-bond acceptors (Lipinski definition) is 4. The molecule has 0 aliphatic carbocycles. The maximum atomic E-state index is 13.7. The first-order chi connectivity index (χ1) is 13.9. The van der Waals surface area contributed by atoms with Gasteiger partial charge in [0.25, 0.3) is 0 Å². The van der Waals surface area contributed by atoms with Crippen molar-refractivity contribution >= 4 is 17.7 Å². The van der Waals surface area contributed by atoms with Crippen LogP contribution in [0, 0.1) is 11.6 Å². The van der Waals surface area contributed by atoms with Crippen molar-refractivity contribution < 1.29 is 18.3 Å². The highest BCUT2D eigenvalue weighted by Gasteiger charge is 2.25. The van der Waals surface area contributed by atoms with Crippen LogP contribution in [0.3, 0.4) is 0 Å². The predicted molar refractivity (Wildman–Crippen MR) is 108 cm³/mol. The number of halogens is 2. The van der Waals surface area contributed by atoms with Crippen molar-refractivity contribution in [1.82, 2.24) is 9.55 Å². The van der Waals surface area contributed by atoms with Gasteiger partial charge in [-0.1, -0.05) is 25.6 Å². The summed E-state index contributed by atoms with van der Waals surface area (Å²) >= 11 is 1.23. The molecular weight excluding hydrogens is 394 g/mol. The summed E-state index contributed by atoms with van der Waals surface area (Å²) in [6.45, 7) is 6.47. The molecule has 0 aliphatic heterocycles. The number of rotatable bonds is 7. The first-order valence-corrected chi connectivity index (χ1v) is 10.1. The molecule has 29 heavy (non-hydrogen) atoms. The fourth-order valence-corrected chi connectivity index (χ4v) is 4.35. The van der Waals surface area contributed by atoms with Crippen LogP contribution in [-0.2, 0) is 11.3 Å². The minimum absolute atomic E-state index is 0.00834. The Kier molecular flexibility index (Phi) is 6.69. The highest BCUT2D eigenvalue weighted by Crippen LogP contribution is 2.38. The molecular formula is C22H22F2N2O2S. The number of carbonyl (C=O) groups is 1. The lowest BCUT2D eigenvalue weighted by atomic mass is 10.0. The van der Waals surface area contributed by atoms with E-state index >= 15 is 0 Å². The van der Waals surface area contributed by atoms with Crippen molar-refractivity contribution in [2.24, 2.45) is 0 Å². The highest BCUT2D eigenvalue weighted by atomic mass is 32.2. The molecule has 0 amide bonds. The summed E-state index contributed by atoms with van der Waals surface area (Å²) in [6.07, 6.45) is 5.15. The minimum Gasteiger partial charge on any atom is -0.462 e. The Labute approximate surface area is 172 Å². The van der Waals surface area contributed by atoms with Gasteiger partial charge in [0.15, 0.2) is 0 Å². The molecule has 0 radical (unpaired) electrons. The third kappa shape index (κ3) is 5.03. The summed E-state index contributed by atoms with van der Waals surface area (Å²) in [5.41, 5.74) is 2.26. The van der Waals surface area contributed by atoms with Crippen LogP contribution in [0.15, 0.2) is 58.8 Å². The molecule has 0 aliphatic rings. The van der Waals surface area contributed by atoms with Gasteiger partial charge in [-0.15, -0.1) is 0 Å². The zero-order chi connectivity index (χ0) is 21.0. The molecule has 2 aromatic heterocycles. The molecule has 3 aromatic rings. The van der Waals surface area contributed by atoms with Crippen LogP contribution in [0.5, 0.6) is 0 Å². The molecule has 0 unspecified atom stereocenters. The first kappa shape index (κ1) is 21.0. The third-order valence-electron chi connectivity index (χ3n) is 4.29. The predicted octanol–water partition coefficient (Wildman–Crippen LogP) is 5.66. The summed E-state index contributed by atoms with van der Waals surface area (Å²) in [5, 5.41) is 0.755. The van der Waals surface area contributed by atoms with Crippen LogP contribution >= 0.6 is 11.8 Å². The Hall–Kier alpha value is -2.67. The minimum atomic E-state index is -0.642. The van der Waals surface area contributed by atoms with E-state index in [4.69, 9.17) is 4.74 Å². The van der Waals surface area contributed by atoms with Crippen molar-refractivity contribution in [2.75, 3.05) is 6.61 Å². The lowest BCUT2D eigenvalue weighted by molar-refractivity contribution is 0.0524. The van der Waals surface area contributed by atoms with Gasteiger partial charge in [0.05, 0.1) is 17.2 Å². The Morgan fingerprint density at radius 3 is 2.41 bits per heavy atom. The maximum Gasteiger partial charge on any atom is 0.340 e. The van der Waals surface area contributed by atoms with Gasteiger partial charge >= 0.3 is 5.97 Å². The lowest BCUT2D eigenvalue weighted by Gasteiger charge is -2.14. The maximum absolute atomic E-state index is 13.7. The van der Waals surface area contributed by atoms with Gasteiger partial charge in [-0.2, -0.15) is 0 Å². The second-order valence-corrected chi connectivity index (χ2v) is 7.89. The molecule has 0 spiro atoms. The molecule has 3 rings (SSSR count). The Bertz CT molecular complexity index is 983. The number of aromatic nitrogens is 2. The van der Waals surface area contributed by atoms with Crippen LogP contribution in [0.1, 0.15) is 48.2 Å². The number of nitrogens with zero attached hydrogens (tertiary/aromatic N) is 2. The van der Waals surface area contributed by atoms with E-state index in [2.05, 4.69) is 4.98 Å². The number of pyridine rings is 1. The van der Waals surface area contributed by atoms with Crippen molar-refractivity contribution in [1.29, 1.82) is 0 Å². The molecule has 0 atom stereocenters. The average Bonchev–Trinajstić information content (AvgIpc) is 3.00. The molecule has 4 nitrogen and oxygen atoms in total. The molecule has 152 valence electrons. The summed E-state index contributed by atoms with van der Waals surface area (Å²) in [7, 11) is 0. The number of carbonyl (C=O) groups excluding carboxylic acids is 1. The first-order valence-electron chi connectivity index (χ1n) is 9.32. The summed E-state index contributed by atoms with van der Waals surface area (Å²) in [6, 6.07) is 7.18. The third-order valence-corrected chi connectivity index (χ3v) is 5.41. The van der Waals surface area contributed by atoms with Crippen molar-refractivity contribution in [3.05, 3.63) is 77.2 Å². The number of benzene rings is 1. The Morgan fingerprint density at radius 2 is 1.83 bits per heavy atom. The molecule has 2 heterocycles. The number of hydrogen-bond donors (Lipinski definition) is 0. The van der Waals surface area contributed by atoms with Crippen LogP contribution in [0.25, 0.3) is 0 Å². The summed E-state index contributed by atoms with van der Waals surface area (Å²) < 4.78 is 34.6. The van der Waals surface area contributed by atoms with Crippen molar-refractivity contribution in [2.45, 2.75) is 43.2 Å². The van der Waals surface area contributed by atoms with Gasteiger partial charge in [0.1, 0.15) is 11.6 Å². The lowest BCUT2D eigenvalue weighted by Crippen LogP contribution is -2.07. The monoisotopic (exact) mass is 416 g/mol. The molecule has 1 aromatic carbocycles. The SMILES string of the molecule is CCOC(=O)c1cn(Cc2ccncc2)c(Sc2cc(F)cc(F)c2)c1C(C)C. The zero-order valence-corrected chi connectivity index (χ0v) is 17.3. The molecule has 0 saturated heterocycles. The van der Waals surface area contributed by atoms with E-state index in [0.717, 1.165) is 22.2 Å². The van der Waals surface area contributed by atoms with Crippen molar-refractivity contribution in [3.8, 4) is 0 Å². The van der Waals surface area contributed by atoms with E-state index in [1.165, 1.54) is 23.9 Å². The fourth-order valence-electron chi connectivity index (χ4n) is 3.10. The molecule has 0 bridgehead atoms. The molecule has 0 saturated carbocycles. The van der Waals surface area contributed by atoms with Crippen LogP contribution in [0.4, 0.5) is 8.78 Å². The van der Waals surface area contributed by atoms with E-state index in [9.17, 15) is 13.6 Å². The quantitative estimate of drug-likeness (QED) is 0.466. The zero-order valence-electron chi connectivity index (χ0n) is 16.5. The number of esters is 1. The van der Waals surface area contributed by atoms with Gasteiger partial charge in [-0.3, -0.25) is 4.98 Å². The standard InChI is InChI=1S/C22H22F2N2O2S/c1-4-28-22(27)19-13-26(12-15-5-7-25-8-6-15)21(20(19)14(2)3)29-18-10-16(23)9-17(24)11-18/h5-11,13-14H,4,12H2,1-3H3. The van der Waals surface area contributed by atoms with Gasteiger partial charge in [-0.25, -0.2) is 13.6 Å². The second-order valence-electron chi connectivity index (χ2n) is 6.83. The van der Waals surface area contributed by atoms with Gasteiger partial charge in [-0.05, 0) is 42.7 Å². The Morgan fingerprint density at radius 1 is 1.17 bits per heavy atom. The highest BCUT2D eigenvalue weighted by molar-refractivity contribution is 7.99. The van der Waals surface area contributed by atoms with Crippen LogP contribution < -0.4 is 0 Å². The topological polar surface area (TPSA) is 44.1 Å². The molecule has 7 heteroatoms. The van der Waals surface area contributed by atoms with Gasteiger partial charge < -0.3 is 9.30 Å². The van der Waals surface area contributed by atoms with Crippen molar-refractivity contribution in [3.63, 3.8) is 0 Å². The van der Waals surface area contributed by atoms with Crippen LogP contribution in [0.2, 0.25) is 0 Å². The van der Waals surface area contributed by atoms with E-state index in [1.807, 2.05) is 30.5 Å². The van der Waals surface area contributed by atoms with Gasteiger partial charge in [0.2, 0.25) is 0 Å². The summed E-state index contributed by atoms with van der Waals surface area (Å²) in [5.74, 6) is -1.68. The van der Waals surface area contributed by atoms with E-state index in [-0.39, 0.29) is 12.5 Å².